The molecule has 2 aliphatic heterocycles. The normalized spacial score (nSPS) is 17.6. The number of carbonyl (C=O) groups excluding carboxylic acids is 3. The first kappa shape index (κ1) is 37.9. The Morgan fingerprint density at radius 3 is 2.63 bits per heavy atom. The van der Waals surface area contributed by atoms with Gasteiger partial charge in [0.15, 0.2) is 16.7 Å². The molecule has 1 aromatic heterocycles. The number of hydrogen-bond acceptors (Lipinski definition) is 15. The average Bonchev–Trinajstić information content (AvgIpc) is 3.54. The molecule has 1 saturated heterocycles. The summed E-state index contributed by atoms with van der Waals surface area (Å²) in [5.74, 6) is -4.07. The van der Waals surface area contributed by atoms with Crippen molar-refractivity contribution in [1.29, 1.82) is 0 Å². The Bertz CT molecular complexity index is 2000. The molecule has 270 valence electrons. The molecule has 3 atom stereocenters. The molecule has 23 heteroatoms. The maximum absolute atomic E-state index is 13.6. The summed E-state index contributed by atoms with van der Waals surface area (Å²) in [6.07, 6.45) is 0. The van der Waals surface area contributed by atoms with E-state index in [1.165, 1.54) is 35.7 Å². The lowest BCUT2D eigenvalue weighted by Crippen LogP contribution is -2.71. The van der Waals surface area contributed by atoms with Crippen molar-refractivity contribution >= 4 is 86.0 Å². The van der Waals surface area contributed by atoms with E-state index < -0.39 is 74.4 Å². The summed E-state index contributed by atoms with van der Waals surface area (Å²) in [7, 11) is -4.20. The lowest BCUT2D eigenvalue weighted by atomic mass is 10.0. The largest absolute Gasteiger partial charge is 0.477 e. The molecule has 5 N–H and O–H groups in total. The highest BCUT2D eigenvalue weighted by atomic mass is 35.5. The van der Waals surface area contributed by atoms with E-state index >= 15 is 0 Å². The van der Waals surface area contributed by atoms with Gasteiger partial charge in [0.05, 0.1) is 11.5 Å². The number of rotatable bonds is 16. The van der Waals surface area contributed by atoms with Crippen LogP contribution in [-0.4, -0.2) is 97.2 Å². The molecule has 2 aromatic carbocycles. The number of aliphatic carboxylic acids is 1. The van der Waals surface area contributed by atoms with Gasteiger partial charge in [-0.1, -0.05) is 65.0 Å². The molecular weight excluding hydrogens is 774 g/mol. The van der Waals surface area contributed by atoms with E-state index in [0.29, 0.717) is 20.5 Å². The third kappa shape index (κ3) is 9.52. The van der Waals surface area contributed by atoms with Crippen molar-refractivity contribution in [3.05, 3.63) is 85.5 Å². The zero-order valence-electron chi connectivity index (χ0n) is 25.8. The second-order valence-corrected chi connectivity index (χ2v) is 15.9. The third-order valence-electron chi connectivity index (χ3n) is 7.10. The monoisotopic (exact) mass is 799 g/mol. The van der Waals surface area contributed by atoms with Crippen LogP contribution in [0.1, 0.15) is 16.6 Å². The summed E-state index contributed by atoms with van der Waals surface area (Å²) in [6.45, 7) is -0.657. The second-order valence-electron chi connectivity index (χ2n) is 10.6. The molecular formula is C28H26ClN7O11S4. The number of carboxylic acids is 1. The van der Waals surface area contributed by atoms with Crippen molar-refractivity contribution in [2.45, 2.75) is 28.3 Å². The van der Waals surface area contributed by atoms with Gasteiger partial charge in [0.2, 0.25) is 5.91 Å². The number of benzene rings is 2. The SMILES string of the molecule is O=C(COc1ccc(Cl)cc1[N+](=O)[O-])N[C@@H](C(=O)NC1C(=O)N2C(C(=O)O)=C(CSc3nnc(CNCS(=O)(=O)O)s3)CS[C@@H]12)c1ccccc1. The van der Waals surface area contributed by atoms with Gasteiger partial charge < -0.3 is 20.5 Å². The Balaban J connectivity index is 1.22. The molecule has 0 saturated carbocycles. The van der Waals surface area contributed by atoms with Crippen molar-refractivity contribution in [3.63, 3.8) is 0 Å². The van der Waals surface area contributed by atoms with Crippen LogP contribution in [0.5, 0.6) is 5.75 Å². The van der Waals surface area contributed by atoms with E-state index in [0.717, 1.165) is 22.3 Å². The first-order valence-corrected chi connectivity index (χ1v) is 19.3. The Morgan fingerprint density at radius 2 is 1.94 bits per heavy atom. The van der Waals surface area contributed by atoms with Crippen molar-refractivity contribution in [2.75, 3.05) is 24.0 Å². The van der Waals surface area contributed by atoms with Crippen LogP contribution in [0, 0.1) is 10.1 Å². The van der Waals surface area contributed by atoms with Gasteiger partial charge in [-0.25, -0.2) is 4.79 Å². The second kappa shape index (κ2) is 16.4. The van der Waals surface area contributed by atoms with Crippen LogP contribution < -0.4 is 20.7 Å². The van der Waals surface area contributed by atoms with Gasteiger partial charge in [0.25, 0.3) is 21.9 Å². The predicted molar refractivity (Wildman–Crippen MR) is 184 cm³/mol. The minimum Gasteiger partial charge on any atom is -0.477 e. The van der Waals surface area contributed by atoms with Crippen molar-refractivity contribution in [2.24, 2.45) is 0 Å². The number of fused-ring (bicyclic) bond motifs is 1. The molecule has 0 bridgehead atoms. The number of ether oxygens (including phenoxy) is 1. The highest BCUT2D eigenvalue weighted by Crippen LogP contribution is 2.42. The third-order valence-corrected chi connectivity index (χ3v) is 11.4. The predicted octanol–water partition coefficient (Wildman–Crippen LogP) is 1.80. The summed E-state index contributed by atoms with van der Waals surface area (Å²) < 4.78 is 36.4. The highest BCUT2D eigenvalue weighted by molar-refractivity contribution is 8.01. The standard InChI is InChI=1S/C28H26ClN7O11S4/c29-16-6-7-18(17(8-16)36(42)43)47-10-19(37)31-21(14-4-2-1-3-5-14)24(38)32-22-25(39)35-23(27(40)41)15(11-48-26(22)35)12-49-28-34-33-20(50-28)9-30-13-51(44,45)46/h1-8,21-22,26,30H,9-13H2,(H,31,37)(H,32,38)(H,40,41)(H,44,45,46)/t21-,22?,26+/m1/s1. The summed E-state index contributed by atoms with van der Waals surface area (Å²) in [5.41, 5.74) is 0.118. The molecule has 18 nitrogen and oxygen atoms in total. The maximum Gasteiger partial charge on any atom is 0.352 e. The lowest BCUT2D eigenvalue weighted by Gasteiger charge is -2.49. The molecule has 3 amide bonds. The number of nitro groups is 1. The minimum atomic E-state index is -4.20. The van der Waals surface area contributed by atoms with Crippen molar-refractivity contribution < 1.29 is 46.9 Å². The number of carboxylic acid groups (broad SMARTS) is 1. The smallest absolute Gasteiger partial charge is 0.352 e. The number of carbonyl (C=O) groups is 4. The van der Waals surface area contributed by atoms with Gasteiger partial charge in [-0.3, -0.25) is 39.3 Å². The number of hydrogen-bond donors (Lipinski definition) is 5. The van der Waals surface area contributed by atoms with E-state index in [9.17, 15) is 42.8 Å². The fourth-order valence-corrected chi connectivity index (χ4v) is 8.76. The molecule has 1 fully saturated rings. The van der Waals surface area contributed by atoms with Gasteiger partial charge in [0.1, 0.15) is 34.0 Å². The van der Waals surface area contributed by atoms with E-state index in [1.807, 2.05) is 0 Å². The van der Waals surface area contributed by atoms with Gasteiger partial charge in [-0.15, -0.1) is 22.0 Å². The topological polar surface area (TPSA) is 260 Å². The minimum absolute atomic E-state index is 0.0325. The van der Waals surface area contributed by atoms with E-state index in [1.54, 1.807) is 30.3 Å². The van der Waals surface area contributed by atoms with E-state index in [-0.39, 0.29) is 34.5 Å². The van der Waals surface area contributed by atoms with Crippen LogP contribution in [0.2, 0.25) is 5.02 Å². The summed E-state index contributed by atoms with van der Waals surface area (Å²) in [4.78, 5) is 63.9. The van der Waals surface area contributed by atoms with E-state index in [2.05, 4.69) is 26.1 Å². The molecule has 0 spiro atoms. The molecule has 1 unspecified atom stereocenters. The first-order valence-electron chi connectivity index (χ1n) is 14.4. The number of nitrogens with one attached hydrogen (secondary N) is 3. The Labute approximate surface area is 306 Å². The average molecular weight is 800 g/mol. The number of aromatic nitrogens is 2. The van der Waals surface area contributed by atoms with Crippen LogP contribution in [-0.2, 0) is 35.8 Å². The Morgan fingerprint density at radius 1 is 1.20 bits per heavy atom. The molecule has 0 radical (unpaired) electrons. The molecule has 3 aromatic rings. The van der Waals surface area contributed by atoms with Gasteiger partial charge in [-0.05, 0) is 23.3 Å². The van der Waals surface area contributed by atoms with Gasteiger partial charge >= 0.3 is 11.7 Å². The quantitative estimate of drug-likeness (QED) is 0.0455. The molecule has 2 aliphatic rings. The highest BCUT2D eigenvalue weighted by Gasteiger charge is 2.54. The lowest BCUT2D eigenvalue weighted by molar-refractivity contribution is -0.385. The molecule has 0 aliphatic carbocycles. The van der Waals surface area contributed by atoms with Crippen LogP contribution in [0.25, 0.3) is 0 Å². The zero-order valence-corrected chi connectivity index (χ0v) is 29.8. The maximum atomic E-state index is 13.6. The number of nitrogens with zero attached hydrogens (tertiary/aromatic N) is 4. The van der Waals surface area contributed by atoms with Crippen LogP contribution in [0.4, 0.5) is 5.69 Å². The van der Waals surface area contributed by atoms with Crippen molar-refractivity contribution in [3.8, 4) is 5.75 Å². The zero-order chi connectivity index (χ0) is 36.9. The number of β-lactam (4-membered cyclic amide) rings is 1. The summed E-state index contributed by atoms with van der Waals surface area (Å²) in [6, 6.07) is 9.35. The van der Waals surface area contributed by atoms with E-state index in [4.69, 9.17) is 20.9 Å². The molecule has 3 heterocycles. The van der Waals surface area contributed by atoms with Crippen LogP contribution in [0.3, 0.4) is 0 Å². The Hall–Kier alpha value is -4.32. The van der Waals surface area contributed by atoms with Crippen LogP contribution >= 0.6 is 46.5 Å². The van der Waals surface area contributed by atoms with Gasteiger partial charge in [0, 0.05) is 22.6 Å². The van der Waals surface area contributed by atoms with Gasteiger partial charge in [-0.2, -0.15) is 8.42 Å². The molecule has 51 heavy (non-hydrogen) atoms. The number of halogens is 1. The number of thioether (sulfide) groups is 2. The summed E-state index contributed by atoms with van der Waals surface area (Å²) in [5, 5.41) is 36.8. The van der Waals surface area contributed by atoms with Crippen molar-refractivity contribution in [1.82, 2.24) is 31.0 Å². The van der Waals surface area contributed by atoms with Crippen LogP contribution in [0.15, 0.2) is 64.1 Å². The fourth-order valence-electron chi connectivity index (χ4n) is 4.88. The summed E-state index contributed by atoms with van der Waals surface area (Å²) >= 11 is 9.39. The number of nitro benzene ring substituents is 1. The fraction of sp³-hybridized carbons (Fsp3) is 0.286. The number of amides is 3. The molecule has 5 rings (SSSR count). The first-order chi connectivity index (χ1) is 24.2. The Kier molecular flexibility index (Phi) is 12.2.